The Morgan fingerprint density at radius 3 is 3.11 bits per heavy atom. The van der Waals surface area contributed by atoms with Crippen LogP contribution < -0.4 is 0 Å². The van der Waals surface area contributed by atoms with E-state index in [1.807, 2.05) is 11.3 Å². The van der Waals surface area contributed by atoms with E-state index >= 15 is 0 Å². The van der Waals surface area contributed by atoms with Gasteiger partial charge in [-0.15, -0.1) is 11.3 Å². The van der Waals surface area contributed by atoms with Gasteiger partial charge in [0.15, 0.2) is 0 Å². The second-order valence-electron chi connectivity index (χ2n) is 4.61. The number of fused-ring (bicyclic) bond motifs is 1. The third kappa shape index (κ3) is 2.43. The predicted molar refractivity (Wildman–Crippen MR) is 81.2 cm³/mol. The average molecular weight is 320 g/mol. The van der Waals surface area contributed by atoms with Crippen molar-refractivity contribution >= 4 is 33.3 Å². The quantitative estimate of drug-likeness (QED) is 0.777. The molecule has 18 heavy (non-hydrogen) atoms. The first-order valence-corrected chi connectivity index (χ1v) is 7.73. The lowest BCUT2D eigenvalue weighted by Crippen LogP contribution is -1.93. The zero-order valence-electron chi connectivity index (χ0n) is 10.2. The standard InChI is InChI=1S/C15H14BrNS/c1-10-6-7-12(16)8-11(10)9-15-17-13-4-2-3-5-14(13)18-15/h3,5-8H,2,4,9H2,1H3. The van der Waals surface area contributed by atoms with Crippen LogP contribution in [-0.2, 0) is 12.8 Å². The molecule has 0 radical (unpaired) electrons. The molecule has 1 nitrogen and oxygen atoms in total. The van der Waals surface area contributed by atoms with E-state index in [4.69, 9.17) is 4.98 Å². The molecule has 3 rings (SSSR count). The first-order chi connectivity index (χ1) is 8.72. The van der Waals surface area contributed by atoms with Crippen LogP contribution in [0.5, 0.6) is 0 Å². The molecule has 2 aromatic rings. The molecule has 0 N–H and O–H groups in total. The summed E-state index contributed by atoms with van der Waals surface area (Å²) in [6.07, 6.45) is 7.63. The largest absolute Gasteiger partial charge is 0.245 e. The van der Waals surface area contributed by atoms with Crippen molar-refractivity contribution in [1.29, 1.82) is 0 Å². The van der Waals surface area contributed by atoms with E-state index in [2.05, 4.69) is 53.2 Å². The number of nitrogens with zero attached hydrogens (tertiary/aromatic N) is 1. The van der Waals surface area contributed by atoms with Crippen molar-refractivity contribution in [2.45, 2.75) is 26.2 Å². The summed E-state index contributed by atoms with van der Waals surface area (Å²) < 4.78 is 1.14. The fraction of sp³-hybridized carbons (Fsp3) is 0.267. The Balaban J connectivity index is 1.90. The van der Waals surface area contributed by atoms with Crippen LogP contribution in [0, 0.1) is 6.92 Å². The molecule has 0 saturated carbocycles. The molecule has 92 valence electrons. The summed E-state index contributed by atoms with van der Waals surface area (Å²) in [5, 5.41) is 1.23. The van der Waals surface area contributed by atoms with Crippen molar-refractivity contribution in [1.82, 2.24) is 4.98 Å². The van der Waals surface area contributed by atoms with E-state index in [9.17, 15) is 0 Å². The van der Waals surface area contributed by atoms with E-state index in [-0.39, 0.29) is 0 Å². The van der Waals surface area contributed by atoms with Gasteiger partial charge in [-0.05, 0) is 49.1 Å². The van der Waals surface area contributed by atoms with Gasteiger partial charge in [0.25, 0.3) is 0 Å². The number of hydrogen-bond acceptors (Lipinski definition) is 2. The second kappa shape index (κ2) is 4.98. The molecule has 1 aromatic carbocycles. The van der Waals surface area contributed by atoms with Gasteiger partial charge >= 0.3 is 0 Å². The van der Waals surface area contributed by atoms with Crippen molar-refractivity contribution in [3.05, 3.63) is 55.5 Å². The monoisotopic (exact) mass is 319 g/mol. The molecule has 0 saturated heterocycles. The summed E-state index contributed by atoms with van der Waals surface area (Å²) in [6, 6.07) is 6.45. The summed E-state index contributed by atoms with van der Waals surface area (Å²) in [4.78, 5) is 6.12. The van der Waals surface area contributed by atoms with Gasteiger partial charge in [-0.1, -0.05) is 28.1 Å². The van der Waals surface area contributed by atoms with Gasteiger partial charge in [0, 0.05) is 10.9 Å². The molecule has 0 spiro atoms. The molecule has 0 fully saturated rings. The lowest BCUT2D eigenvalue weighted by molar-refractivity contribution is 0.929. The maximum absolute atomic E-state index is 4.77. The second-order valence-corrected chi connectivity index (χ2v) is 6.64. The Hall–Kier alpha value is -0.930. The van der Waals surface area contributed by atoms with Crippen LogP contribution in [0.4, 0.5) is 0 Å². The topological polar surface area (TPSA) is 12.9 Å². The highest BCUT2D eigenvalue weighted by Crippen LogP contribution is 2.28. The Bertz CT molecular complexity index is 613. The molecule has 1 heterocycles. The Kier molecular flexibility index (Phi) is 3.35. The molecule has 0 bridgehead atoms. The van der Waals surface area contributed by atoms with Crippen LogP contribution in [0.25, 0.3) is 6.08 Å². The number of thiazole rings is 1. The molecular formula is C15H14BrNS. The fourth-order valence-corrected chi connectivity index (χ4v) is 3.68. The van der Waals surface area contributed by atoms with Gasteiger partial charge in [0.1, 0.15) is 0 Å². The highest BCUT2D eigenvalue weighted by Gasteiger charge is 2.12. The summed E-state index contributed by atoms with van der Waals surface area (Å²) in [5.74, 6) is 0. The van der Waals surface area contributed by atoms with E-state index in [0.717, 1.165) is 23.7 Å². The molecule has 3 heteroatoms. The zero-order valence-corrected chi connectivity index (χ0v) is 12.6. The van der Waals surface area contributed by atoms with Crippen LogP contribution in [0.1, 0.15) is 33.1 Å². The molecule has 0 atom stereocenters. The number of benzene rings is 1. The molecule has 0 unspecified atom stereocenters. The van der Waals surface area contributed by atoms with Gasteiger partial charge in [0.05, 0.1) is 15.6 Å². The van der Waals surface area contributed by atoms with Gasteiger partial charge < -0.3 is 0 Å². The van der Waals surface area contributed by atoms with Crippen molar-refractivity contribution in [2.75, 3.05) is 0 Å². The van der Waals surface area contributed by atoms with E-state index in [1.165, 1.54) is 26.7 Å². The zero-order chi connectivity index (χ0) is 12.5. The van der Waals surface area contributed by atoms with Gasteiger partial charge in [0.2, 0.25) is 0 Å². The average Bonchev–Trinajstić information content (AvgIpc) is 2.76. The number of halogens is 1. The first-order valence-electron chi connectivity index (χ1n) is 6.12. The SMILES string of the molecule is Cc1ccc(Br)cc1Cc1nc2c(s1)C=CCC2. The maximum Gasteiger partial charge on any atom is 0.0978 e. The normalized spacial score (nSPS) is 13.7. The molecule has 1 aliphatic carbocycles. The lowest BCUT2D eigenvalue weighted by atomic mass is 10.1. The number of aryl methyl sites for hydroxylation is 2. The Labute approximate surface area is 120 Å². The van der Waals surface area contributed by atoms with Crippen molar-refractivity contribution < 1.29 is 0 Å². The van der Waals surface area contributed by atoms with Crippen molar-refractivity contribution in [3.63, 3.8) is 0 Å². The van der Waals surface area contributed by atoms with Gasteiger partial charge in [-0.3, -0.25) is 0 Å². The minimum atomic E-state index is 0.941. The summed E-state index contributed by atoms with van der Waals surface area (Å²) in [5.41, 5.74) is 3.98. The third-order valence-electron chi connectivity index (χ3n) is 3.24. The fourth-order valence-electron chi connectivity index (χ4n) is 2.20. The third-order valence-corrected chi connectivity index (χ3v) is 4.80. The van der Waals surface area contributed by atoms with Crippen LogP contribution in [-0.4, -0.2) is 4.98 Å². The number of rotatable bonds is 2. The lowest BCUT2D eigenvalue weighted by Gasteiger charge is -2.04. The van der Waals surface area contributed by atoms with Gasteiger partial charge in [-0.2, -0.15) is 0 Å². The minimum absolute atomic E-state index is 0.941. The van der Waals surface area contributed by atoms with Crippen LogP contribution in [0.15, 0.2) is 28.7 Å². The van der Waals surface area contributed by atoms with E-state index < -0.39 is 0 Å². The molecule has 0 aliphatic heterocycles. The van der Waals surface area contributed by atoms with Gasteiger partial charge in [-0.25, -0.2) is 4.98 Å². The smallest absolute Gasteiger partial charge is 0.0978 e. The Morgan fingerprint density at radius 2 is 2.28 bits per heavy atom. The number of allylic oxidation sites excluding steroid dienone is 1. The summed E-state index contributed by atoms with van der Waals surface area (Å²) in [7, 11) is 0. The maximum atomic E-state index is 4.77. The number of hydrogen-bond donors (Lipinski definition) is 0. The minimum Gasteiger partial charge on any atom is -0.245 e. The van der Waals surface area contributed by atoms with Crippen molar-refractivity contribution in [2.24, 2.45) is 0 Å². The Morgan fingerprint density at radius 1 is 1.39 bits per heavy atom. The van der Waals surface area contributed by atoms with E-state index in [0.29, 0.717) is 0 Å². The highest BCUT2D eigenvalue weighted by atomic mass is 79.9. The molecule has 1 aromatic heterocycles. The van der Waals surface area contributed by atoms with Crippen LogP contribution in [0.3, 0.4) is 0 Å². The van der Waals surface area contributed by atoms with Crippen LogP contribution in [0.2, 0.25) is 0 Å². The highest BCUT2D eigenvalue weighted by molar-refractivity contribution is 9.10. The van der Waals surface area contributed by atoms with E-state index in [1.54, 1.807) is 0 Å². The van der Waals surface area contributed by atoms with Crippen LogP contribution >= 0.6 is 27.3 Å². The molecule has 1 aliphatic rings. The molecular weight excluding hydrogens is 306 g/mol. The molecule has 0 amide bonds. The van der Waals surface area contributed by atoms with Crippen molar-refractivity contribution in [3.8, 4) is 0 Å². The summed E-state index contributed by atoms with van der Waals surface area (Å²) >= 11 is 5.37. The summed E-state index contributed by atoms with van der Waals surface area (Å²) in [6.45, 7) is 2.16. The number of aromatic nitrogens is 1. The first kappa shape index (κ1) is 12.1. The predicted octanol–water partition coefficient (Wildman–Crippen LogP) is 4.76.